The molecule has 0 amide bonds. The Balaban J connectivity index is 1.97. The second-order valence-electron chi connectivity index (χ2n) is 6.26. The quantitative estimate of drug-likeness (QED) is 0.540. The van der Waals surface area contributed by atoms with Gasteiger partial charge in [-0.3, -0.25) is 9.36 Å². The van der Waals surface area contributed by atoms with Gasteiger partial charge in [-0.25, -0.2) is 23.1 Å². The van der Waals surface area contributed by atoms with Gasteiger partial charge >= 0.3 is 0 Å². The largest absolute Gasteiger partial charge is 0.315 e. The fourth-order valence-corrected chi connectivity index (χ4v) is 3.08. The molecule has 0 saturated heterocycles. The highest BCUT2D eigenvalue weighted by Gasteiger charge is 2.18. The minimum Gasteiger partial charge on any atom is -0.315 e. The number of fused-ring (bicyclic) bond motifs is 1. The molecule has 4 rings (SSSR count). The standard InChI is InChI=1S/C20H15F3N4O/c1-2-26-11-24-18-19(26)25-17(9-12-3-4-14(22)10-16(12)23)27(20(18)28)15-7-5-13(21)6-8-15/h3-8,10-11H,2,9H2,1H3. The van der Waals surface area contributed by atoms with Crippen LogP contribution < -0.4 is 5.56 Å². The fourth-order valence-electron chi connectivity index (χ4n) is 3.08. The summed E-state index contributed by atoms with van der Waals surface area (Å²) >= 11 is 0. The summed E-state index contributed by atoms with van der Waals surface area (Å²) < 4.78 is 43.8. The molecule has 0 fully saturated rings. The van der Waals surface area contributed by atoms with E-state index in [1.54, 1.807) is 4.57 Å². The normalized spacial score (nSPS) is 11.3. The molecule has 0 unspecified atom stereocenters. The number of hydrogen-bond donors (Lipinski definition) is 0. The van der Waals surface area contributed by atoms with E-state index in [4.69, 9.17) is 0 Å². The number of benzene rings is 2. The van der Waals surface area contributed by atoms with Crippen LogP contribution in [0.3, 0.4) is 0 Å². The molecule has 0 bridgehead atoms. The molecule has 2 aromatic carbocycles. The van der Waals surface area contributed by atoms with Gasteiger partial charge in [-0.2, -0.15) is 0 Å². The van der Waals surface area contributed by atoms with Crippen molar-refractivity contribution < 1.29 is 13.2 Å². The first-order valence-corrected chi connectivity index (χ1v) is 8.64. The van der Waals surface area contributed by atoms with Gasteiger partial charge in [-0.15, -0.1) is 0 Å². The van der Waals surface area contributed by atoms with Crippen molar-refractivity contribution in [2.45, 2.75) is 19.9 Å². The molecule has 4 aromatic rings. The van der Waals surface area contributed by atoms with Gasteiger partial charge in [-0.1, -0.05) is 6.07 Å². The molecule has 142 valence electrons. The molecule has 8 heteroatoms. The van der Waals surface area contributed by atoms with Crippen LogP contribution in [-0.4, -0.2) is 19.1 Å². The lowest BCUT2D eigenvalue weighted by Gasteiger charge is -2.13. The molecule has 5 nitrogen and oxygen atoms in total. The monoisotopic (exact) mass is 384 g/mol. The van der Waals surface area contributed by atoms with E-state index in [2.05, 4.69) is 9.97 Å². The van der Waals surface area contributed by atoms with Crippen molar-refractivity contribution in [1.82, 2.24) is 19.1 Å². The Labute approximate surface area is 157 Å². The van der Waals surface area contributed by atoms with Gasteiger partial charge in [0.15, 0.2) is 11.2 Å². The first kappa shape index (κ1) is 18.0. The van der Waals surface area contributed by atoms with Crippen LogP contribution in [0.2, 0.25) is 0 Å². The van der Waals surface area contributed by atoms with Crippen LogP contribution >= 0.6 is 0 Å². The third kappa shape index (κ3) is 3.06. The SMILES string of the molecule is CCn1cnc2c(=O)n(-c3ccc(F)cc3)c(Cc3ccc(F)cc3F)nc21. The Hall–Kier alpha value is -3.42. The van der Waals surface area contributed by atoms with Crippen LogP contribution in [0.25, 0.3) is 16.9 Å². The Morgan fingerprint density at radius 3 is 2.39 bits per heavy atom. The highest BCUT2D eigenvalue weighted by Crippen LogP contribution is 2.18. The van der Waals surface area contributed by atoms with Crippen molar-refractivity contribution in [1.29, 1.82) is 0 Å². The smallest absolute Gasteiger partial charge is 0.286 e. The van der Waals surface area contributed by atoms with Gasteiger partial charge < -0.3 is 4.57 Å². The maximum atomic E-state index is 14.2. The second-order valence-corrected chi connectivity index (χ2v) is 6.26. The van der Waals surface area contributed by atoms with Crippen molar-refractivity contribution in [2.75, 3.05) is 0 Å². The Morgan fingerprint density at radius 2 is 1.71 bits per heavy atom. The Morgan fingerprint density at radius 1 is 1.00 bits per heavy atom. The second kappa shape index (κ2) is 6.95. The van der Waals surface area contributed by atoms with Crippen molar-refractivity contribution >= 4 is 11.2 Å². The lowest BCUT2D eigenvalue weighted by atomic mass is 10.1. The van der Waals surface area contributed by atoms with Crippen molar-refractivity contribution in [3.63, 3.8) is 0 Å². The van der Waals surface area contributed by atoms with E-state index < -0.39 is 23.0 Å². The third-order valence-corrected chi connectivity index (χ3v) is 4.50. The maximum absolute atomic E-state index is 14.2. The van der Waals surface area contributed by atoms with Crippen LogP contribution in [0.1, 0.15) is 18.3 Å². The van der Waals surface area contributed by atoms with Crippen LogP contribution in [0, 0.1) is 17.5 Å². The first-order valence-electron chi connectivity index (χ1n) is 8.64. The van der Waals surface area contributed by atoms with E-state index in [1.807, 2.05) is 6.92 Å². The lowest BCUT2D eigenvalue weighted by Crippen LogP contribution is -2.25. The maximum Gasteiger partial charge on any atom is 0.286 e. The van der Waals surface area contributed by atoms with Gasteiger partial charge in [0.25, 0.3) is 5.56 Å². The van der Waals surface area contributed by atoms with Crippen molar-refractivity contribution in [2.24, 2.45) is 0 Å². The fraction of sp³-hybridized carbons (Fsp3) is 0.150. The highest BCUT2D eigenvalue weighted by molar-refractivity contribution is 5.70. The molecular formula is C20H15F3N4O. The summed E-state index contributed by atoms with van der Waals surface area (Å²) in [6, 6.07) is 8.56. The summed E-state index contributed by atoms with van der Waals surface area (Å²) in [5.41, 5.74) is 0.662. The van der Waals surface area contributed by atoms with Crippen molar-refractivity contribution in [3.8, 4) is 5.69 Å². The summed E-state index contributed by atoms with van der Waals surface area (Å²) in [5, 5.41) is 0. The molecule has 0 aliphatic rings. The molecule has 0 N–H and O–H groups in total. The van der Waals surface area contributed by atoms with E-state index in [0.717, 1.165) is 12.1 Å². The molecule has 0 radical (unpaired) electrons. The summed E-state index contributed by atoms with van der Waals surface area (Å²) in [6.45, 7) is 2.43. The number of aryl methyl sites for hydroxylation is 1. The molecule has 0 spiro atoms. The van der Waals surface area contributed by atoms with Gasteiger partial charge in [0, 0.05) is 19.0 Å². The first-order chi connectivity index (χ1) is 13.5. The van der Waals surface area contributed by atoms with Crippen molar-refractivity contribution in [3.05, 3.63) is 88.0 Å². The Bertz CT molecular complexity index is 1230. The number of aromatic nitrogens is 4. The number of imidazole rings is 1. The van der Waals surface area contributed by atoms with E-state index in [1.165, 1.54) is 41.2 Å². The van der Waals surface area contributed by atoms with Gasteiger partial charge in [0.2, 0.25) is 0 Å². The molecule has 28 heavy (non-hydrogen) atoms. The van der Waals surface area contributed by atoms with Crippen LogP contribution in [0.15, 0.2) is 53.6 Å². The zero-order valence-electron chi connectivity index (χ0n) is 14.9. The highest BCUT2D eigenvalue weighted by atomic mass is 19.1. The minimum absolute atomic E-state index is 0.0520. The zero-order chi connectivity index (χ0) is 19.8. The van der Waals surface area contributed by atoms with Crippen LogP contribution in [0.4, 0.5) is 13.2 Å². The summed E-state index contributed by atoms with van der Waals surface area (Å²) in [4.78, 5) is 21.8. The molecule has 0 aliphatic heterocycles. The van der Waals surface area contributed by atoms with E-state index in [0.29, 0.717) is 17.9 Å². The average Bonchev–Trinajstić information content (AvgIpc) is 3.08. The van der Waals surface area contributed by atoms with Gasteiger partial charge in [0.05, 0.1) is 12.0 Å². The predicted molar refractivity (Wildman–Crippen MR) is 97.9 cm³/mol. The molecule has 0 saturated carbocycles. The number of hydrogen-bond acceptors (Lipinski definition) is 3. The molecule has 0 aliphatic carbocycles. The third-order valence-electron chi connectivity index (χ3n) is 4.50. The van der Waals surface area contributed by atoms with E-state index >= 15 is 0 Å². The van der Waals surface area contributed by atoms with Gasteiger partial charge in [0.1, 0.15) is 23.3 Å². The summed E-state index contributed by atoms with van der Waals surface area (Å²) in [7, 11) is 0. The Kier molecular flexibility index (Phi) is 4.46. The number of halogens is 3. The van der Waals surface area contributed by atoms with Gasteiger partial charge in [-0.05, 0) is 42.8 Å². The predicted octanol–water partition coefficient (Wildman–Crippen LogP) is 3.61. The molecule has 0 atom stereocenters. The topological polar surface area (TPSA) is 52.7 Å². The van der Waals surface area contributed by atoms with Crippen LogP contribution in [-0.2, 0) is 13.0 Å². The number of nitrogens with zero attached hydrogens (tertiary/aromatic N) is 4. The summed E-state index contributed by atoms with van der Waals surface area (Å²) in [5.74, 6) is -1.63. The van der Waals surface area contributed by atoms with Crippen LogP contribution in [0.5, 0.6) is 0 Å². The average molecular weight is 384 g/mol. The number of rotatable bonds is 4. The van der Waals surface area contributed by atoms with E-state index in [-0.39, 0.29) is 23.3 Å². The molecule has 2 heterocycles. The minimum atomic E-state index is -0.732. The molecule has 2 aromatic heterocycles. The zero-order valence-corrected chi connectivity index (χ0v) is 14.9. The summed E-state index contributed by atoms with van der Waals surface area (Å²) in [6.07, 6.45) is 1.46. The molecular weight excluding hydrogens is 369 g/mol. The lowest BCUT2D eigenvalue weighted by molar-refractivity contribution is 0.573. The van der Waals surface area contributed by atoms with E-state index in [9.17, 15) is 18.0 Å².